The molecular formula is C33H51N5O9. The van der Waals surface area contributed by atoms with Gasteiger partial charge < -0.3 is 45.4 Å². The van der Waals surface area contributed by atoms with Crippen molar-refractivity contribution in [2.45, 2.75) is 90.1 Å². The van der Waals surface area contributed by atoms with Crippen LogP contribution in [0, 0.1) is 16.7 Å². The van der Waals surface area contributed by atoms with E-state index in [1.54, 1.807) is 65.8 Å². The van der Waals surface area contributed by atoms with Crippen LogP contribution in [-0.4, -0.2) is 97.5 Å². The summed E-state index contributed by atoms with van der Waals surface area (Å²) in [5.74, 6) is -2.37. The Morgan fingerprint density at radius 2 is 1.55 bits per heavy atom. The third-order valence-corrected chi connectivity index (χ3v) is 8.16. The van der Waals surface area contributed by atoms with Gasteiger partial charge in [-0.1, -0.05) is 12.1 Å². The number of carbonyl (C=O) groups excluding carboxylic acids is 4. The van der Waals surface area contributed by atoms with Crippen molar-refractivity contribution in [2.24, 2.45) is 22.8 Å². The zero-order chi connectivity index (χ0) is 35.2. The first kappa shape index (κ1) is 37.5. The van der Waals surface area contributed by atoms with E-state index < -0.39 is 52.3 Å². The first-order valence-electron chi connectivity index (χ1n) is 15.9. The van der Waals surface area contributed by atoms with Crippen LogP contribution in [-0.2, 0) is 39.8 Å². The molecule has 47 heavy (non-hydrogen) atoms. The second kappa shape index (κ2) is 14.9. The average Bonchev–Trinajstić information content (AvgIpc) is 3.34. The van der Waals surface area contributed by atoms with Crippen molar-refractivity contribution in [2.75, 3.05) is 39.9 Å². The molecule has 2 saturated heterocycles. The lowest BCUT2D eigenvalue weighted by Crippen LogP contribution is -2.59. The molecule has 3 rings (SSSR count). The molecule has 0 radical (unpaired) electrons. The van der Waals surface area contributed by atoms with Crippen LogP contribution in [0.5, 0.6) is 5.75 Å². The summed E-state index contributed by atoms with van der Waals surface area (Å²) in [5, 5.41) is 11.8. The highest BCUT2D eigenvalue weighted by molar-refractivity contribution is 6.05. The molecule has 0 saturated carbocycles. The van der Waals surface area contributed by atoms with Gasteiger partial charge in [0.2, 0.25) is 5.54 Å². The van der Waals surface area contributed by atoms with Gasteiger partial charge >= 0.3 is 24.0 Å². The number of esters is 3. The first-order valence-corrected chi connectivity index (χ1v) is 15.9. The molecule has 0 aliphatic carbocycles. The van der Waals surface area contributed by atoms with E-state index in [2.05, 4.69) is 5.32 Å². The van der Waals surface area contributed by atoms with Crippen LogP contribution in [0.4, 0.5) is 4.79 Å². The second-order valence-corrected chi connectivity index (χ2v) is 14.2. The van der Waals surface area contributed by atoms with E-state index in [1.807, 2.05) is 0 Å². The molecule has 2 heterocycles. The van der Waals surface area contributed by atoms with Crippen molar-refractivity contribution in [1.82, 2.24) is 10.2 Å². The van der Waals surface area contributed by atoms with Gasteiger partial charge in [-0.2, -0.15) is 0 Å². The van der Waals surface area contributed by atoms with Crippen LogP contribution in [0.1, 0.15) is 66.4 Å². The number of ether oxygens (including phenoxy) is 5. The van der Waals surface area contributed by atoms with E-state index in [0.29, 0.717) is 37.2 Å². The third kappa shape index (κ3) is 9.57. The van der Waals surface area contributed by atoms with E-state index in [1.165, 1.54) is 4.90 Å². The number of nitrogens with zero attached hydrogens (tertiary/aromatic N) is 1. The van der Waals surface area contributed by atoms with Crippen LogP contribution in [0.15, 0.2) is 24.3 Å². The molecule has 0 aromatic heterocycles. The highest BCUT2D eigenvalue weighted by atomic mass is 16.6. The predicted molar refractivity (Wildman–Crippen MR) is 173 cm³/mol. The highest BCUT2D eigenvalue weighted by Gasteiger charge is 2.52. The Bertz CT molecular complexity index is 1300. The molecule has 1 aromatic carbocycles. The number of hydrogen-bond acceptors (Lipinski definition) is 12. The Morgan fingerprint density at radius 1 is 0.979 bits per heavy atom. The maximum absolute atomic E-state index is 13.6. The molecule has 262 valence electrons. The number of cyclic esters (lactones) is 1. The molecule has 3 unspecified atom stereocenters. The third-order valence-electron chi connectivity index (χ3n) is 8.16. The average molecular weight is 662 g/mol. The number of hydrogen-bond donors (Lipinski definition) is 4. The van der Waals surface area contributed by atoms with Crippen LogP contribution >= 0.6 is 0 Å². The number of rotatable bonds is 13. The maximum atomic E-state index is 13.6. The van der Waals surface area contributed by atoms with Gasteiger partial charge in [0.1, 0.15) is 34.8 Å². The minimum atomic E-state index is -2.04. The van der Waals surface area contributed by atoms with Gasteiger partial charge in [0.15, 0.2) is 6.10 Å². The summed E-state index contributed by atoms with van der Waals surface area (Å²) in [6, 6.07) is 6.63. The number of nitrogens with two attached hydrogens (primary N) is 2. The van der Waals surface area contributed by atoms with Gasteiger partial charge in [-0.3, -0.25) is 10.2 Å². The predicted octanol–water partition coefficient (Wildman–Crippen LogP) is 2.29. The molecular weight excluding hydrogens is 610 g/mol. The molecule has 14 heteroatoms. The van der Waals surface area contributed by atoms with Crippen LogP contribution in [0.3, 0.4) is 0 Å². The molecule has 2 aliphatic rings. The fourth-order valence-corrected chi connectivity index (χ4v) is 5.77. The van der Waals surface area contributed by atoms with Crippen molar-refractivity contribution in [3.05, 3.63) is 29.8 Å². The maximum Gasteiger partial charge on any atom is 0.410 e. The van der Waals surface area contributed by atoms with Gasteiger partial charge in [-0.25, -0.2) is 14.4 Å². The number of amidine groups is 1. The lowest BCUT2D eigenvalue weighted by molar-refractivity contribution is -0.171. The molecule has 1 aromatic rings. The van der Waals surface area contributed by atoms with Crippen LogP contribution in [0.25, 0.3) is 0 Å². The van der Waals surface area contributed by atoms with E-state index in [-0.39, 0.29) is 44.3 Å². The van der Waals surface area contributed by atoms with Crippen LogP contribution in [0.2, 0.25) is 0 Å². The lowest BCUT2D eigenvalue weighted by atomic mass is 9.67. The number of piperidine rings is 1. The van der Waals surface area contributed by atoms with Crippen molar-refractivity contribution in [3.63, 3.8) is 0 Å². The SMILES string of the molecule is COC(=O)C(N)(Cc1ccc(OCC2CN(CCC(C(=N)N)(C(=O)OC(C)(C)C)C3CCNCC3)C(=O)O2)cc1)C(=O)OC(C)(C)C. The van der Waals surface area contributed by atoms with E-state index in [9.17, 15) is 19.2 Å². The largest absolute Gasteiger partial charge is 0.490 e. The van der Waals surface area contributed by atoms with Gasteiger partial charge in [-0.15, -0.1) is 0 Å². The van der Waals surface area contributed by atoms with Crippen molar-refractivity contribution >= 4 is 29.8 Å². The van der Waals surface area contributed by atoms with E-state index >= 15 is 0 Å². The molecule has 6 N–H and O–H groups in total. The first-order chi connectivity index (χ1) is 21.8. The number of amides is 1. The summed E-state index contributed by atoms with van der Waals surface area (Å²) in [6.45, 7) is 12.1. The molecule has 0 spiro atoms. The lowest BCUT2D eigenvalue weighted by Gasteiger charge is -2.41. The number of nitrogens with one attached hydrogen (secondary N) is 2. The van der Waals surface area contributed by atoms with E-state index in [4.69, 9.17) is 40.6 Å². The quantitative estimate of drug-likeness (QED) is 0.0790. The Kier molecular flexibility index (Phi) is 11.9. The Hall–Kier alpha value is -3.91. The topological polar surface area (TPSA) is 206 Å². The minimum absolute atomic E-state index is 0.0562. The number of benzene rings is 1. The normalized spacial score (nSPS) is 20.0. The second-order valence-electron chi connectivity index (χ2n) is 14.2. The summed E-state index contributed by atoms with van der Waals surface area (Å²) < 4.78 is 27.3. The fraction of sp³-hybridized carbons (Fsp3) is 0.667. The van der Waals surface area contributed by atoms with Crippen molar-refractivity contribution in [1.29, 1.82) is 5.41 Å². The van der Waals surface area contributed by atoms with Gasteiger partial charge in [-0.05, 0) is 97.5 Å². The monoisotopic (exact) mass is 661 g/mol. The Balaban J connectivity index is 1.63. The summed E-state index contributed by atoms with van der Waals surface area (Å²) in [7, 11) is 1.15. The summed E-state index contributed by atoms with van der Waals surface area (Å²) >= 11 is 0. The standard InChI is InChI=1S/C33H51N5O9/c1-30(2,3)46-26(39)32(25(34)35,22-12-15-37-16-13-22)14-17-38-19-24(45-29(38)42)20-44-23-10-8-21(9-11-23)18-33(36,27(40)43-7)28(41)47-31(4,5)6/h8-11,22,24,37H,12-20,36H2,1-7H3,(H3,34,35). The molecule has 1 amide bonds. The minimum Gasteiger partial charge on any atom is -0.490 e. The zero-order valence-electron chi connectivity index (χ0n) is 28.6. The van der Waals surface area contributed by atoms with Gasteiger partial charge in [0.05, 0.1) is 13.7 Å². The number of carbonyl (C=O) groups is 4. The van der Waals surface area contributed by atoms with Gasteiger partial charge in [0, 0.05) is 13.0 Å². The Morgan fingerprint density at radius 3 is 2.09 bits per heavy atom. The molecule has 2 fully saturated rings. The molecule has 2 aliphatic heterocycles. The smallest absolute Gasteiger partial charge is 0.410 e. The molecule has 14 nitrogen and oxygen atoms in total. The van der Waals surface area contributed by atoms with Gasteiger partial charge in [0.25, 0.3) is 0 Å². The number of methoxy groups -OCH3 is 1. The van der Waals surface area contributed by atoms with Crippen molar-refractivity contribution in [3.8, 4) is 5.75 Å². The summed E-state index contributed by atoms with van der Waals surface area (Å²) in [6.07, 6.45) is 0.126. The fourth-order valence-electron chi connectivity index (χ4n) is 5.77. The van der Waals surface area contributed by atoms with E-state index in [0.717, 1.165) is 7.11 Å². The van der Waals surface area contributed by atoms with Crippen LogP contribution < -0.4 is 21.5 Å². The Labute approximate surface area is 276 Å². The molecule has 3 atom stereocenters. The molecule has 0 bridgehead atoms. The van der Waals surface area contributed by atoms with Crippen molar-refractivity contribution < 1.29 is 42.9 Å². The summed E-state index contributed by atoms with van der Waals surface area (Å²) in [5.41, 5.74) is 7.89. The zero-order valence-corrected chi connectivity index (χ0v) is 28.6. The highest BCUT2D eigenvalue weighted by Crippen LogP contribution is 2.40. The summed E-state index contributed by atoms with van der Waals surface area (Å²) in [4.78, 5) is 53.2.